The number of nitrogens with zero attached hydrogens (tertiary/aromatic N) is 2. The van der Waals surface area contributed by atoms with Crippen LogP contribution in [0.4, 0.5) is 0 Å². The van der Waals surface area contributed by atoms with Gasteiger partial charge in [-0.1, -0.05) is 12.1 Å². The first kappa shape index (κ1) is 6.64. The van der Waals surface area contributed by atoms with Crippen LogP contribution in [0.1, 0.15) is 87.1 Å². The number of thiophene rings is 1. The van der Waals surface area contributed by atoms with Crippen LogP contribution < -0.4 is 67.4 Å². The van der Waals surface area contributed by atoms with Gasteiger partial charge >= 0.3 is 51.4 Å². The second-order valence-corrected chi connectivity index (χ2v) is 5.34. The van der Waals surface area contributed by atoms with Crippen LogP contribution in [0.5, 0.6) is 5.75 Å². The molecule has 1 N–H and O–H groups in total. The molecule has 0 saturated carbocycles. The predicted octanol–water partition coefficient (Wildman–Crippen LogP) is -0.673. The second-order valence-electron chi connectivity index (χ2n) is 4.55. The minimum atomic E-state index is -4.14. The van der Waals surface area contributed by atoms with Gasteiger partial charge in [-0.05, 0) is 63.8 Å². The van der Waals surface area contributed by atoms with E-state index >= 15 is 0 Å². The number of amides is 1. The Morgan fingerprint density at radius 1 is 1.56 bits per heavy atom. The fourth-order valence-corrected chi connectivity index (χ4v) is 2.71. The van der Waals surface area contributed by atoms with Crippen LogP contribution in [-0.4, -0.2) is 41.4 Å². The van der Waals surface area contributed by atoms with Crippen molar-refractivity contribution in [2.24, 2.45) is 0 Å². The van der Waals surface area contributed by atoms with Gasteiger partial charge in [0.15, 0.2) is 1.41 Å². The first-order chi connectivity index (χ1) is 21.8. The zero-order valence-corrected chi connectivity index (χ0v) is 17.6. The molecule has 0 unspecified atom stereocenters. The number of aromatic nitrogens is 1. The van der Waals surface area contributed by atoms with E-state index in [-0.39, 0.29) is 67.3 Å². The zero-order chi connectivity index (χ0) is 39.8. The molecule has 0 atom stereocenters. The molecule has 1 aliphatic heterocycles. The Labute approximate surface area is 240 Å². The Morgan fingerprint density at radius 2 is 2.30 bits per heavy atom. The molecule has 6 nitrogen and oxygen atoms in total. The predicted molar refractivity (Wildman–Crippen MR) is 103 cm³/mol. The number of rotatable bonds is 6. The van der Waals surface area contributed by atoms with E-state index in [2.05, 4.69) is 0 Å². The fraction of sp³-hybridized carbons (Fsp3) is 0.579. The van der Waals surface area contributed by atoms with E-state index in [0.717, 1.165) is 0 Å². The molecule has 1 saturated heterocycles. The molecule has 1 aliphatic rings. The number of nitrogens with one attached hydrogen (secondary N) is 1. The smallest absolute Gasteiger partial charge is 0.871 e. The van der Waals surface area contributed by atoms with E-state index in [4.69, 9.17) is 32.9 Å². The van der Waals surface area contributed by atoms with Crippen molar-refractivity contribution in [1.82, 2.24) is 14.8 Å². The quantitative estimate of drug-likeness (QED) is 0.606. The van der Waals surface area contributed by atoms with Crippen molar-refractivity contribution in [3.05, 3.63) is 27.3 Å². The van der Waals surface area contributed by atoms with E-state index in [1.165, 1.54) is 0 Å². The molecule has 3 heterocycles. The first-order valence-electron chi connectivity index (χ1n) is 18.7. The molecule has 0 aliphatic carbocycles. The van der Waals surface area contributed by atoms with Crippen molar-refractivity contribution >= 4 is 27.5 Å². The van der Waals surface area contributed by atoms with Gasteiger partial charge in [0.1, 0.15) is 4.83 Å². The monoisotopic (exact) mass is 439 g/mol. The van der Waals surface area contributed by atoms with E-state index in [9.17, 15) is 14.7 Å². The molecular weight excluding hydrogens is 389 g/mol. The molecule has 0 aromatic carbocycles. The standard InChI is InChI=1S/C19H27N3O3S.K/c1-13(2)22-18(25)15(16(23)14-7-12-26-19(14)22)17(24)20-8-6-11-21-9-4-3-5-10-21;/h7,12-13,23H,3-6,8-11H2,1-2H3,(H,20,24);/q;+1/p-1/i1D3,2D3,3D2,4D2,5D2,7D,8D2,9D2,10D2,11D2,12D,13D;/hD. The van der Waals surface area contributed by atoms with E-state index in [1.54, 1.807) is 0 Å². The maximum absolute atomic E-state index is 13.7. The molecule has 3 rings (SSSR count). The summed E-state index contributed by atoms with van der Waals surface area (Å²) in [7, 11) is 0. The topological polar surface area (TPSA) is 77.4 Å². The van der Waals surface area contributed by atoms with Crippen LogP contribution in [0.15, 0.2) is 16.2 Å². The minimum Gasteiger partial charge on any atom is -0.871 e. The van der Waals surface area contributed by atoms with Crippen molar-refractivity contribution in [2.75, 3.05) is 26.0 Å². The number of piperidine rings is 1. The van der Waals surface area contributed by atoms with Crippen LogP contribution in [0, 0.1) is 0 Å². The summed E-state index contributed by atoms with van der Waals surface area (Å²) in [6, 6.07) is -5.13. The summed E-state index contributed by atoms with van der Waals surface area (Å²) >= 11 is 0.0120. The van der Waals surface area contributed by atoms with Gasteiger partial charge in [-0.15, -0.1) is 11.3 Å². The minimum absolute atomic E-state index is 0. The Morgan fingerprint density at radius 3 is 3.00 bits per heavy atom. The van der Waals surface area contributed by atoms with Crippen molar-refractivity contribution < 1.29 is 94.2 Å². The number of hydrogen-bond acceptors (Lipinski definition) is 5. The third kappa shape index (κ3) is 5.23. The largest absolute Gasteiger partial charge is 1.00 e. The summed E-state index contributed by atoms with van der Waals surface area (Å²) in [4.78, 5) is 25.5. The summed E-state index contributed by atoms with van der Waals surface area (Å²) < 4.78 is 192. The maximum Gasteiger partial charge on any atom is 1.00 e. The summed E-state index contributed by atoms with van der Waals surface area (Å²) in [6.45, 7) is -24.2. The van der Waals surface area contributed by atoms with E-state index in [1.807, 2.05) is 0 Å². The number of carbonyl (C=O) groups excluding carboxylic acids is 1. The van der Waals surface area contributed by atoms with Crippen molar-refractivity contribution in [3.8, 4) is 5.75 Å². The average Bonchev–Trinajstić information content (AvgIpc) is 3.17. The van der Waals surface area contributed by atoms with Crippen LogP contribution in [-0.2, 0) is 0 Å². The van der Waals surface area contributed by atoms with Gasteiger partial charge in [0.2, 0.25) is 0 Å². The molecule has 1 amide bonds. The number of carbonyl (C=O) groups is 1. The van der Waals surface area contributed by atoms with Gasteiger partial charge in [0.25, 0.3) is 11.5 Å². The molecule has 1 fully saturated rings. The molecular formula is C19H26KN3O3S. The molecule has 0 spiro atoms. The fourth-order valence-electron chi connectivity index (χ4n) is 1.95. The Balaban J connectivity index is 0.00000901. The van der Waals surface area contributed by atoms with Gasteiger partial charge in [-0.25, -0.2) is 0 Å². The van der Waals surface area contributed by atoms with E-state index < -0.39 is 126 Å². The molecule has 142 valence electrons. The average molecular weight is 440 g/mol. The van der Waals surface area contributed by atoms with Crippen molar-refractivity contribution in [2.45, 2.75) is 45.3 Å². The van der Waals surface area contributed by atoms with Gasteiger partial charge in [0.05, 0.1) is 9.68 Å². The first-order valence-corrected chi connectivity index (χ1v) is 7.58. The molecule has 8 heteroatoms. The maximum atomic E-state index is 13.7. The number of hydrogen-bond donors (Lipinski definition) is 1. The number of pyridine rings is 1. The Hall–Kier alpha value is -0.224. The molecule has 2 aromatic rings. The zero-order valence-electron chi connectivity index (χ0n) is 37.7. The third-order valence-electron chi connectivity index (χ3n) is 3.01. The summed E-state index contributed by atoms with van der Waals surface area (Å²) in [5.41, 5.74) is -4.16. The third-order valence-corrected chi connectivity index (χ3v) is 3.79. The molecule has 2 aromatic heterocycles. The second kappa shape index (κ2) is 10.5. The van der Waals surface area contributed by atoms with Crippen LogP contribution >= 0.6 is 11.3 Å². The molecule has 0 bridgehead atoms. The normalized spacial score (nSPS) is 39.9. The Bertz CT molecular complexity index is 1740. The van der Waals surface area contributed by atoms with Gasteiger partial charge in [0, 0.05) is 45.3 Å². The van der Waals surface area contributed by atoms with Gasteiger partial charge in [-0.2, -0.15) is 0 Å². The van der Waals surface area contributed by atoms with E-state index in [0.29, 0.717) is 0 Å². The van der Waals surface area contributed by atoms with Gasteiger partial charge in [-0.3, -0.25) is 14.2 Å². The SMILES string of the molecule is [2H]c1sc2c(c1[2H])c([O-])c(C(=O)N([2H])C([2H])([2H])CC([2H])([2H])N1C([2H])([2H])C([2H])([2H])C([2H])([2H])C([2H])([2H])C1([2H])[2H])c(=O)n2C([2H])(C([2H])([2H])[2H])C([2H])([2H])[2H].[K+]. The Kier molecular flexibility index (Phi) is 2.59. The molecule has 27 heavy (non-hydrogen) atoms. The summed E-state index contributed by atoms with van der Waals surface area (Å²) in [5.74, 6) is -4.23. The number of likely N-dealkylation sites (tertiary alicyclic amines) is 1. The van der Waals surface area contributed by atoms with Gasteiger partial charge < -0.3 is 15.3 Å². The van der Waals surface area contributed by atoms with Crippen molar-refractivity contribution in [1.29, 1.82) is 0 Å². The summed E-state index contributed by atoms with van der Waals surface area (Å²) in [5, 5.41) is 10.5. The van der Waals surface area contributed by atoms with Crippen LogP contribution in [0.25, 0.3) is 10.2 Å². The summed E-state index contributed by atoms with van der Waals surface area (Å²) in [6.07, 6.45) is -14.2. The number of fused-ring (bicyclic) bond motifs is 1. The van der Waals surface area contributed by atoms with Crippen LogP contribution in [0.2, 0.25) is 1.41 Å². The molecule has 0 radical (unpaired) electrons. The van der Waals surface area contributed by atoms with Crippen molar-refractivity contribution in [3.63, 3.8) is 0 Å². The van der Waals surface area contributed by atoms with Crippen LogP contribution in [0.3, 0.4) is 0 Å².